The van der Waals surface area contributed by atoms with Crippen LogP contribution in [0, 0.1) is 6.92 Å². The lowest BCUT2D eigenvalue weighted by molar-refractivity contribution is 0.0954. The maximum absolute atomic E-state index is 12.8. The van der Waals surface area contributed by atoms with Crippen molar-refractivity contribution in [1.29, 1.82) is 0 Å². The summed E-state index contributed by atoms with van der Waals surface area (Å²) in [7, 11) is 0. The number of aromatic nitrogens is 3. The molecule has 28 heavy (non-hydrogen) atoms. The Morgan fingerprint density at radius 1 is 1.39 bits per heavy atom. The molecular weight excluding hydrogens is 356 g/mol. The first-order chi connectivity index (χ1) is 13.6. The molecule has 3 heterocycles. The first-order valence-electron chi connectivity index (χ1n) is 9.02. The Kier molecular flexibility index (Phi) is 4.57. The molecule has 0 aliphatic rings. The van der Waals surface area contributed by atoms with Crippen LogP contribution in [0.25, 0.3) is 22.0 Å². The van der Waals surface area contributed by atoms with Crippen molar-refractivity contribution in [3.05, 3.63) is 76.7 Å². The number of hydrogen-bond acceptors (Lipinski definition) is 4. The van der Waals surface area contributed by atoms with Crippen LogP contribution in [-0.4, -0.2) is 27.0 Å². The Labute approximate surface area is 160 Å². The molecule has 0 fully saturated rings. The van der Waals surface area contributed by atoms with Gasteiger partial charge in [-0.3, -0.25) is 14.2 Å². The number of allylic oxidation sites excluding steroid dienone is 1. The van der Waals surface area contributed by atoms with E-state index in [2.05, 4.69) is 21.9 Å². The van der Waals surface area contributed by atoms with Gasteiger partial charge in [0.05, 0.1) is 5.56 Å². The molecule has 0 saturated carbocycles. The van der Waals surface area contributed by atoms with E-state index in [1.807, 2.05) is 30.5 Å². The third kappa shape index (κ3) is 3.00. The van der Waals surface area contributed by atoms with Crippen LogP contribution >= 0.6 is 0 Å². The zero-order valence-electron chi connectivity index (χ0n) is 15.5. The number of nitrogens with one attached hydrogen (secondary N) is 2. The van der Waals surface area contributed by atoms with Gasteiger partial charge in [0.1, 0.15) is 17.5 Å². The summed E-state index contributed by atoms with van der Waals surface area (Å²) in [6, 6.07) is 8.02. The van der Waals surface area contributed by atoms with E-state index in [1.54, 1.807) is 13.0 Å². The lowest BCUT2D eigenvalue weighted by Crippen LogP contribution is -2.28. The third-order valence-corrected chi connectivity index (χ3v) is 4.76. The molecule has 7 heteroatoms. The minimum absolute atomic E-state index is 0.171. The Morgan fingerprint density at radius 3 is 3.04 bits per heavy atom. The van der Waals surface area contributed by atoms with Gasteiger partial charge in [0.15, 0.2) is 0 Å². The molecule has 0 unspecified atom stereocenters. The van der Waals surface area contributed by atoms with E-state index in [0.717, 1.165) is 16.5 Å². The third-order valence-electron chi connectivity index (χ3n) is 4.76. The second-order valence-corrected chi connectivity index (χ2v) is 6.57. The van der Waals surface area contributed by atoms with Crippen LogP contribution in [0.15, 0.2) is 58.7 Å². The van der Waals surface area contributed by atoms with Gasteiger partial charge in [0.25, 0.3) is 11.5 Å². The van der Waals surface area contributed by atoms with Crippen molar-refractivity contribution in [2.45, 2.75) is 19.9 Å². The molecule has 1 aromatic carbocycles. The Hall–Kier alpha value is -3.61. The predicted molar refractivity (Wildman–Crippen MR) is 108 cm³/mol. The van der Waals surface area contributed by atoms with Crippen LogP contribution in [0.1, 0.15) is 21.7 Å². The van der Waals surface area contributed by atoms with E-state index in [1.165, 1.54) is 10.9 Å². The van der Waals surface area contributed by atoms with Crippen molar-refractivity contribution < 1.29 is 9.21 Å². The highest BCUT2D eigenvalue weighted by molar-refractivity contribution is 6.06. The summed E-state index contributed by atoms with van der Waals surface area (Å²) in [4.78, 5) is 32.8. The summed E-state index contributed by atoms with van der Waals surface area (Å²) < 4.78 is 6.92. The number of hydrogen-bond donors (Lipinski definition) is 2. The van der Waals surface area contributed by atoms with E-state index >= 15 is 0 Å². The minimum Gasteiger partial charge on any atom is -0.442 e. The Balaban J connectivity index is 1.57. The first-order valence-corrected chi connectivity index (χ1v) is 9.02. The van der Waals surface area contributed by atoms with Crippen molar-refractivity contribution in [3.8, 4) is 0 Å². The van der Waals surface area contributed by atoms with Gasteiger partial charge in [-0.25, -0.2) is 4.98 Å². The van der Waals surface area contributed by atoms with E-state index in [4.69, 9.17) is 4.42 Å². The molecule has 3 aromatic heterocycles. The quantitative estimate of drug-likeness (QED) is 0.506. The van der Waals surface area contributed by atoms with Crippen LogP contribution in [0.2, 0.25) is 0 Å². The summed E-state index contributed by atoms with van der Waals surface area (Å²) >= 11 is 0. The summed E-state index contributed by atoms with van der Waals surface area (Å²) in [5, 5.41) is 4.23. The average molecular weight is 376 g/mol. The van der Waals surface area contributed by atoms with Gasteiger partial charge in [-0.15, -0.1) is 6.58 Å². The fourth-order valence-electron chi connectivity index (χ4n) is 3.42. The summed E-state index contributed by atoms with van der Waals surface area (Å²) in [6.07, 6.45) is 5.62. The van der Waals surface area contributed by atoms with Gasteiger partial charge in [-0.2, -0.15) is 0 Å². The number of para-hydroxylation sites is 1. The number of rotatable bonds is 6. The number of carbonyl (C=O) groups excluding carboxylic acids is 1. The molecule has 0 aliphatic carbocycles. The number of furan rings is 1. The lowest BCUT2D eigenvalue weighted by Gasteiger charge is -2.05. The molecule has 0 bridgehead atoms. The van der Waals surface area contributed by atoms with Gasteiger partial charge in [-0.1, -0.05) is 24.3 Å². The number of fused-ring (bicyclic) bond motifs is 2. The average Bonchev–Trinajstić information content (AvgIpc) is 3.25. The molecular formula is C21H20N4O3. The topological polar surface area (TPSA) is 92.9 Å². The molecule has 4 aromatic rings. The highest BCUT2D eigenvalue weighted by atomic mass is 16.3. The van der Waals surface area contributed by atoms with Crippen LogP contribution < -0.4 is 10.9 Å². The predicted octanol–water partition coefficient (Wildman–Crippen LogP) is 2.94. The number of H-pyrrole nitrogens is 1. The van der Waals surface area contributed by atoms with E-state index in [9.17, 15) is 9.59 Å². The first kappa shape index (κ1) is 17.8. The Bertz CT molecular complexity index is 1250. The zero-order valence-corrected chi connectivity index (χ0v) is 15.5. The maximum atomic E-state index is 12.8. The SMILES string of the molecule is C=CCn1cnc2oc(C)c(C(=O)NCCc3c[nH]c4ccccc34)c2c1=O. The molecule has 0 aliphatic heterocycles. The van der Waals surface area contributed by atoms with Gasteiger partial charge in [-0.05, 0) is 25.0 Å². The molecule has 0 spiro atoms. The molecule has 7 nitrogen and oxygen atoms in total. The standard InChI is InChI=1S/C21H20N4O3/c1-3-10-25-12-24-20-18(21(25)27)17(13(2)28-20)19(26)22-9-8-14-11-23-16-7-5-4-6-15(14)16/h3-7,11-12,23H,1,8-10H2,2H3,(H,22,26). The van der Waals surface area contributed by atoms with Gasteiger partial charge in [0.2, 0.25) is 5.71 Å². The van der Waals surface area contributed by atoms with Crippen LogP contribution in [-0.2, 0) is 13.0 Å². The monoisotopic (exact) mass is 376 g/mol. The van der Waals surface area contributed by atoms with Gasteiger partial charge < -0.3 is 14.7 Å². The fourth-order valence-corrected chi connectivity index (χ4v) is 3.42. The number of amides is 1. The number of carbonyl (C=O) groups is 1. The molecule has 0 atom stereocenters. The maximum Gasteiger partial charge on any atom is 0.265 e. The smallest absolute Gasteiger partial charge is 0.265 e. The summed E-state index contributed by atoms with van der Waals surface area (Å²) in [6.45, 7) is 6.05. The molecule has 4 rings (SSSR count). The molecule has 2 N–H and O–H groups in total. The second-order valence-electron chi connectivity index (χ2n) is 6.57. The number of aromatic amines is 1. The van der Waals surface area contributed by atoms with Crippen LogP contribution in [0.5, 0.6) is 0 Å². The van der Waals surface area contributed by atoms with Crippen molar-refractivity contribution in [1.82, 2.24) is 19.9 Å². The lowest BCUT2D eigenvalue weighted by atomic mass is 10.1. The van der Waals surface area contributed by atoms with E-state index < -0.39 is 0 Å². The summed E-state index contributed by atoms with van der Waals surface area (Å²) in [5.74, 6) is 0.0342. The molecule has 0 saturated heterocycles. The van der Waals surface area contributed by atoms with Crippen molar-refractivity contribution in [3.63, 3.8) is 0 Å². The van der Waals surface area contributed by atoms with Crippen LogP contribution in [0.4, 0.5) is 0 Å². The number of aryl methyl sites for hydroxylation is 1. The van der Waals surface area contributed by atoms with Crippen LogP contribution in [0.3, 0.4) is 0 Å². The van der Waals surface area contributed by atoms with E-state index in [-0.39, 0.29) is 28.1 Å². The zero-order chi connectivity index (χ0) is 19.7. The van der Waals surface area contributed by atoms with Crippen molar-refractivity contribution >= 4 is 27.9 Å². The molecule has 142 valence electrons. The Morgan fingerprint density at radius 2 is 2.21 bits per heavy atom. The van der Waals surface area contributed by atoms with Crippen molar-refractivity contribution in [2.75, 3.05) is 6.54 Å². The largest absolute Gasteiger partial charge is 0.442 e. The second kappa shape index (κ2) is 7.19. The minimum atomic E-state index is -0.341. The molecule has 0 radical (unpaired) electrons. The summed E-state index contributed by atoms with van der Waals surface area (Å²) in [5.41, 5.74) is 2.28. The highest BCUT2D eigenvalue weighted by Crippen LogP contribution is 2.21. The number of nitrogens with zero attached hydrogens (tertiary/aromatic N) is 2. The van der Waals surface area contributed by atoms with Gasteiger partial charge >= 0.3 is 0 Å². The van der Waals surface area contributed by atoms with Gasteiger partial charge in [0, 0.05) is 30.2 Å². The van der Waals surface area contributed by atoms with Crippen molar-refractivity contribution in [2.24, 2.45) is 0 Å². The fraction of sp³-hybridized carbons (Fsp3) is 0.190. The normalized spacial score (nSPS) is 11.2. The number of benzene rings is 1. The highest BCUT2D eigenvalue weighted by Gasteiger charge is 2.22. The molecule has 1 amide bonds. The van der Waals surface area contributed by atoms with E-state index in [0.29, 0.717) is 25.3 Å².